The van der Waals surface area contributed by atoms with Gasteiger partial charge in [-0.15, -0.1) is 0 Å². The van der Waals surface area contributed by atoms with E-state index in [2.05, 4.69) is 24.5 Å². The fourth-order valence-corrected chi connectivity index (χ4v) is 1.31. The molecule has 0 heterocycles. The molecule has 1 unspecified atom stereocenters. The molecule has 0 saturated heterocycles. The van der Waals surface area contributed by atoms with Gasteiger partial charge in [0, 0.05) is 26.3 Å². The minimum Gasteiger partial charge on any atom is -0.385 e. The maximum atomic E-state index is 11.3. The van der Waals surface area contributed by atoms with Gasteiger partial charge in [0.05, 0.1) is 6.54 Å². The first-order chi connectivity index (χ1) is 7.20. The molecule has 4 heteroatoms. The van der Waals surface area contributed by atoms with Crippen molar-refractivity contribution in [1.82, 2.24) is 10.6 Å². The minimum absolute atomic E-state index is 0.0639. The van der Waals surface area contributed by atoms with Crippen molar-refractivity contribution in [3.05, 3.63) is 0 Å². The summed E-state index contributed by atoms with van der Waals surface area (Å²) in [7, 11) is 1.66. The minimum atomic E-state index is 0.0639. The van der Waals surface area contributed by atoms with Crippen LogP contribution in [0.4, 0.5) is 0 Å². The number of methoxy groups -OCH3 is 1. The van der Waals surface area contributed by atoms with E-state index in [4.69, 9.17) is 4.74 Å². The average molecular weight is 216 g/mol. The van der Waals surface area contributed by atoms with Crippen LogP contribution >= 0.6 is 0 Å². The maximum Gasteiger partial charge on any atom is 0.233 e. The number of ether oxygens (including phenoxy) is 1. The van der Waals surface area contributed by atoms with Crippen LogP contribution in [-0.2, 0) is 9.53 Å². The Hall–Kier alpha value is -0.610. The molecule has 0 aromatic rings. The third kappa shape index (κ3) is 9.69. The van der Waals surface area contributed by atoms with Gasteiger partial charge in [0.2, 0.25) is 5.91 Å². The maximum absolute atomic E-state index is 11.3. The van der Waals surface area contributed by atoms with E-state index in [1.807, 2.05) is 0 Å². The van der Waals surface area contributed by atoms with Gasteiger partial charge in [0.25, 0.3) is 0 Å². The molecule has 0 fully saturated rings. The summed E-state index contributed by atoms with van der Waals surface area (Å²) in [5, 5.41) is 6.01. The molecule has 0 rings (SSSR count). The number of carbonyl (C=O) groups excluding carboxylic acids is 1. The van der Waals surface area contributed by atoms with Gasteiger partial charge in [-0.05, 0) is 19.8 Å². The smallest absolute Gasteiger partial charge is 0.233 e. The van der Waals surface area contributed by atoms with Crippen molar-refractivity contribution in [2.24, 2.45) is 0 Å². The van der Waals surface area contributed by atoms with E-state index in [1.54, 1.807) is 7.11 Å². The Morgan fingerprint density at radius 1 is 1.47 bits per heavy atom. The molecule has 0 aromatic carbocycles. The molecule has 15 heavy (non-hydrogen) atoms. The highest BCUT2D eigenvalue weighted by Crippen LogP contribution is 1.93. The highest BCUT2D eigenvalue weighted by atomic mass is 16.5. The summed E-state index contributed by atoms with van der Waals surface area (Å²) in [6, 6.07) is 0.416. The first kappa shape index (κ1) is 14.4. The van der Waals surface area contributed by atoms with Crippen LogP contribution in [0.3, 0.4) is 0 Å². The normalized spacial score (nSPS) is 12.5. The SMILES string of the molecule is CCCC(C)NCC(=O)NCCCOC. The third-order valence-electron chi connectivity index (χ3n) is 2.18. The molecule has 0 aromatic heterocycles. The van der Waals surface area contributed by atoms with Crippen molar-refractivity contribution in [3.8, 4) is 0 Å². The molecular weight excluding hydrogens is 192 g/mol. The fourth-order valence-electron chi connectivity index (χ4n) is 1.31. The molecule has 0 aliphatic rings. The van der Waals surface area contributed by atoms with Crippen molar-refractivity contribution in [3.63, 3.8) is 0 Å². The summed E-state index contributed by atoms with van der Waals surface area (Å²) in [6.45, 7) is 6.04. The van der Waals surface area contributed by atoms with E-state index in [-0.39, 0.29) is 5.91 Å². The van der Waals surface area contributed by atoms with E-state index in [1.165, 1.54) is 0 Å². The quantitative estimate of drug-likeness (QED) is 0.563. The highest BCUT2D eigenvalue weighted by Gasteiger charge is 2.03. The molecule has 0 spiro atoms. The second kappa shape index (κ2) is 9.93. The van der Waals surface area contributed by atoms with Crippen molar-refractivity contribution in [2.75, 3.05) is 26.8 Å². The predicted molar refractivity (Wildman–Crippen MR) is 61.9 cm³/mol. The molecule has 0 radical (unpaired) electrons. The number of amides is 1. The molecule has 1 amide bonds. The van der Waals surface area contributed by atoms with Crippen molar-refractivity contribution >= 4 is 5.91 Å². The Labute approximate surface area is 92.8 Å². The predicted octanol–water partition coefficient (Wildman–Crippen LogP) is 0.917. The lowest BCUT2D eigenvalue weighted by Gasteiger charge is -2.12. The summed E-state index contributed by atoms with van der Waals surface area (Å²) >= 11 is 0. The Kier molecular flexibility index (Phi) is 9.52. The number of hydrogen-bond acceptors (Lipinski definition) is 3. The third-order valence-corrected chi connectivity index (χ3v) is 2.18. The summed E-state index contributed by atoms with van der Waals surface area (Å²) in [4.78, 5) is 11.3. The number of hydrogen-bond donors (Lipinski definition) is 2. The summed E-state index contributed by atoms with van der Waals surface area (Å²) < 4.78 is 4.89. The first-order valence-corrected chi connectivity index (χ1v) is 5.69. The van der Waals surface area contributed by atoms with E-state index >= 15 is 0 Å². The monoisotopic (exact) mass is 216 g/mol. The van der Waals surface area contributed by atoms with Gasteiger partial charge < -0.3 is 15.4 Å². The summed E-state index contributed by atoms with van der Waals surface area (Å²) in [5.41, 5.74) is 0. The van der Waals surface area contributed by atoms with Crippen LogP contribution in [0.15, 0.2) is 0 Å². The van der Waals surface area contributed by atoms with Crippen LogP contribution in [0.5, 0.6) is 0 Å². The number of carbonyl (C=O) groups is 1. The second-order valence-electron chi connectivity index (χ2n) is 3.77. The van der Waals surface area contributed by atoms with E-state index in [0.717, 1.165) is 19.3 Å². The first-order valence-electron chi connectivity index (χ1n) is 5.69. The van der Waals surface area contributed by atoms with Gasteiger partial charge in [0.1, 0.15) is 0 Å². The molecule has 90 valence electrons. The lowest BCUT2D eigenvalue weighted by molar-refractivity contribution is -0.120. The van der Waals surface area contributed by atoms with Gasteiger partial charge >= 0.3 is 0 Å². The zero-order valence-corrected chi connectivity index (χ0v) is 10.1. The van der Waals surface area contributed by atoms with Crippen molar-refractivity contribution < 1.29 is 9.53 Å². The van der Waals surface area contributed by atoms with Gasteiger partial charge in [-0.25, -0.2) is 0 Å². The molecule has 0 saturated carbocycles. The molecule has 4 nitrogen and oxygen atoms in total. The number of rotatable bonds is 9. The van der Waals surface area contributed by atoms with Crippen LogP contribution in [0.2, 0.25) is 0 Å². The van der Waals surface area contributed by atoms with Gasteiger partial charge in [-0.3, -0.25) is 4.79 Å². The van der Waals surface area contributed by atoms with E-state index in [0.29, 0.717) is 25.7 Å². The van der Waals surface area contributed by atoms with Crippen LogP contribution in [0, 0.1) is 0 Å². The molecule has 0 aliphatic carbocycles. The zero-order chi connectivity index (χ0) is 11.5. The summed E-state index contributed by atoms with van der Waals surface area (Å²) in [6.07, 6.45) is 3.12. The number of nitrogens with one attached hydrogen (secondary N) is 2. The topological polar surface area (TPSA) is 50.4 Å². The summed E-state index contributed by atoms with van der Waals surface area (Å²) in [5.74, 6) is 0.0639. The van der Waals surface area contributed by atoms with Gasteiger partial charge in [0.15, 0.2) is 0 Å². The highest BCUT2D eigenvalue weighted by molar-refractivity contribution is 5.77. The Morgan fingerprint density at radius 3 is 2.80 bits per heavy atom. The lowest BCUT2D eigenvalue weighted by Crippen LogP contribution is -2.38. The van der Waals surface area contributed by atoms with Crippen molar-refractivity contribution in [2.45, 2.75) is 39.2 Å². The Morgan fingerprint density at radius 2 is 2.20 bits per heavy atom. The van der Waals surface area contributed by atoms with Gasteiger partial charge in [-0.1, -0.05) is 13.3 Å². The molecule has 0 aliphatic heterocycles. The molecular formula is C11H24N2O2. The Balaban J connectivity index is 3.32. The van der Waals surface area contributed by atoms with Crippen LogP contribution in [0.1, 0.15) is 33.1 Å². The fraction of sp³-hybridized carbons (Fsp3) is 0.909. The Bertz CT molecular complexity index is 163. The largest absolute Gasteiger partial charge is 0.385 e. The zero-order valence-electron chi connectivity index (χ0n) is 10.1. The standard InChI is InChI=1S/C11H24N2O2/c1-4-6-10(2)13-9-11(14)12-7-5-8-15-3/h10,13H,4-9H2,1-3H3,(H,12,14). The van der Waals surface area contributed by atoms with Crippen molar-refractivity contribution in [1.29, 1.82) is 0 Å². The van der Waals surface area contributed by atoms with Crippen LogP contribution in [0.25, 0.3) is 0 Å². The second-order valence-corrected chi connectivity index (χ2v) is 3.77. The van der Waals surface area contributed by atoms with E-state index < -0.39 is 0 Å². The van der Waals surface area contributed by atoms with Crippen LogP contribution in [-0.4, -0.2) is 38.8 Å². The lowest BCUT2D eigenvalue weighted by atomic mass is 10.2. The van der Waals surface area contributed by atoms with E-state index in [9.17, 15) is 4.79 Å². The molecule has 1 atom stereocenters. The van der Waals surface area contributed by atoms with Crippen LogP contribution < -0.4 is 10.6 Å². The average Bonchev–Trinajstić information content (AvgIpc) is 2.22. The molecule has 2 N–H and O–H groups in total. The molecule has 0 bridgehead atoms. The van der Waals surface area contributed by atoms with Gasteiger partial charge in [-0.2, -0.15) is 0 Å².